The molecule has 0 radical (unpaired) electrons. The van der Waals surface area contributed by atoms with Crippen LogP contribution in [-0.2, 0) is 11.0 Å². The number of nitrogens with one attached hydrogen (secondary N) is 2. The summed E-state index contributed by atoms with van der Waals surface area (Å²) in [6.07, 6.45) is -3.39. The number of rotatable bonds is 7. The van der Waals surface area contributed by atoms with Crippen LogP contribution in [0.5, 0.6) is 5.75 Å². The standard InChI is InChI=1S/C28H33F3N4O5/c1-16-13-35(17(2)15-36)26(38)22-12-21(32-25(37)18-4-5-18)10-11-23(22)40-24(16)14-34(3)27(39)33-20-8-6-19(7-9-20)28(29,30)31/h6-12,16-18,24,36H,4-5,13-15H2,1-3H3,(H,32,37)(H,33,39)/t16-,17+,24+/m1/s1. The summed E-state index contributed by atoms with van der Waals surface area (Å²) in [5.41, 5.74) is 0.0712. The van der Waals surface area contributed by atoms with Crippen molar-refractivity contribution in [1.29, 1.82) is 0 Å². The van der Waals surface area contributed by atoms with Crippen LogP contribution in [0.4, 0.5) is 29.3 Å². The van der Waals surface area contributed by atoms with Gasteiger partial charge in [0.15, 0.2) is 0 Å². The lowest BCUT2D eigenvalue weighted by Crippen LogP contribution is -2.50. The lowest BCUT2D eigenvalue weighted by molar-refractivity contribution is -0.137. The summed E-state index contributed by atoms with van der Waals surface area (Å²) < 4.78 is 44.8. The Balaban J connectivity index is 1.52. The highest BCUT2D eigenvalue weighted by Gasteiger charge is 2.35. The second-order valence-electron chi connectivity index (χ2n) is 10.5. The average Bonchev–Trinajstić information content (AvgIpc) is 3.76. The first-order valence-electron chi connectivity index (χ1n) is 13.1. The van der Waals surface area contributed by atoms with Crippen molar-refractivity contribution in [1.82, 2.24) is 9.80 Å². The highest BCUT2D eigenvalue weighted by Crippen LogP contribution is 2.33. The number of alkyl halides is 3. The van der Waals surface area contributed by atoms with Crippen LogP contribution in [0.1, 0.15) is 42.6 Å². The molecule has 40 heavy (non-hydrogen) atoms. The number of nitrogens with zero attached hydrogens (tertiary/aromatic N) is 2. The highest BCUT2D eigenvalue weighted by atomic mass is 19.4. The number of amides is 4. The summed E-state index contributed by atoms with van der Waals surface area (Å²) in [5.74, 6) is -0.460. The molecule has 1 saturated carbocycles. The number of hydrogen-bond acceptors (Lipinski definition) is 5. The monoisotopic (exact) mass is 562 g/mol. The number of aliphatic hydroxyl groups excluding tert-OH is 1. The Kier molecular flexibility index (Phi) is 8.57. The first-order valence-corrected chi connectivity index (χ1v) is 13.1. The van der Waals surface area contributed by atoms with E-state index in [4.69, 9.17) is 4.74 Å². The Bertz CT molecular complexity index is 1250. The van der Waals surface area contributed by atoms with Gasteiger partial charge in [-0.1, -0.05) is 6.92 Å². The van der Waals surface area contributed by atoms with E-state index < -0.39 is 29.9 Å². The Labute approximate surface area is 230 Å². The minimum atomic E-state index is -4.48. The van der Waals surface area contributed by atoms with Gasteiger partial charge < -0.3 is 30.3 Å². The van der Waals surface area contributed by atoms with Gasteiger partial charge in [0.1, 0.15) is 11.9 Å². The number of aliphatic hydroxyl groups is 1. The number of ether oxygens (including phenoxy) is 1. The van der Waals surface area contributed by atoms with Gasteiger partial charge in [0, 0.05) is 36.8 Å². The number of fused-ring (bicyclic) bond motifs is 1. The van der Waals surface area contributed by atoms with Crippen LogP contribution in [0, 0.1) is 11.8 Å². The van der Waals surface area contributed by atoms with Crippen molar-refractivity contribution in [2.24, 2.45) is 11.8 Å². The van der Waals surface area contributed by atoms with Gasteiger partial charge in [0.2, 0.25) is 5.91 Å². The molecule has 1 aliphatic heterocycles. The minimum absolute atomic E-state index is 0.0191. The Morgan fingerprint density at radius 3 is 2.38 bits per heavy atom. The first kappa shape index (κ1) is 29.2. The largest absolute Gasteiger partial charge is 0.487 e. The van der Waals surface area contributed by atoms with Crippen LogP contribution in [0.3, 0.4) is 0 Å². The molecular formula is C28H33F3N4O5. The van der Waals surface area contributed by atoms with E-state index in [9.17, 15) is 32.7 Å². The average molecular weight is 563 g/mol. The summed E-state index contributed by atoms with van der Waals surface area (Å²) in [5, 5.41) is 15.2. The molecule has 12 heteroatoms. The van der Waals surface area contributed by atoms with Gasteiger partial charge in [-0.05, 0) is 62.2 Å². The number of carbonyl (C=O) groups is 3. The van der Waals surface area contributed by atoms with E-state index in [0.29, 0.717) is 5.69 Å². The van der Waals surface area contributed by atoms with E-state index in [1.807, 2.05) is 6.92 Å². The Morgan fingerprint density at radius 1 is 1.12 bits per heavy atom. The van der Waals surface area contributed by atoms with E-state index in [1.165, 1.54) is 24.1 Å². The fourth-order valence-electron chi connectivity index (χ4n) is 4.42. The molecule has 1 aliphatic carbocycles. The van der Waals surface area contributed by atoms with Crippen LogP contribution >= 0.6 is 0 Å². The summed E-state index contributed by atoms with van der Waals surface area (Å²) in [6, 6.07) is 7.91. The molecule has 2 aromatic rings. The summed E-state index contributed by atoms with van der Waals surface area (Å²) in [6.45, 7) is 3.67. The minimum Gasteiger partial charge on any atom is -0.487 e. The number of anilines is 2. The first-order chi connectivity index (χ1) is 18.9. The summed E-state index contributed by atoms with van der Waals surface area (Å²) in [4.78, 5) is 41.6. The Hall–Kier alpha value is -3.80. The zero-order valence-corrected chi connectivity index (χ0v) is 22.5. The van der Waals surface area contributed by atoms with Crippen molar-refractivity contribution in [2.45, 2.75) is 45.0 Å². The molecule has 3 atom stereocenters. The Morgan fingerprint density at radius 2 is 1.77 bits per heavy atom. The molecule has 2 aromatic carbocycles. The van der Waals surface area contributed by atoms with Crippen molar-refractivity contribution in [3.8, 4) is 5.75 Å². The number of urea groups is 1. The fraction of sp³-hybridized carbons (Fsp3) is 0.464. The van der Waals surface area contributed by atoms with Gasteiger partial charge in [0.05, 0.1) is 30.3 Å². The van der Waals surface area contributed by atoms with Crippen LogP contribution < -0.4 is 15.4 Å². The predicted molar refractivity (Wildman–Crippen MR) is 142 cm³/mol. The van der Waals surface area contributed by atoms with Gasteiger partial charge in [-0.2, -0.15) is 13.2 Å². The second-order valence-corrected chi connectivity index (χ2v) is 10.5. The zero-order chi connectivity index (χ0) is 29.2. The molecule has 0 spiro atoms. The number of halogens is 3. The second kappa shape index (κ2) is 11.7. The van der Waals surface area contributed by atoms with Gasteiger partial charge in [-0.3, -0.25) is 9.59 Å². The lowest BCUT2D eigenvalue weighted by atomic mass is 9.99. The van der Waals surface area contributed by atoms with Crippen molar-refractivity contribution in [3.63, 3.8) is 0 Å². The third-order valence-corrected chi connectivity index (χ3v) is 7.14. The van der Waals surface area contributed by atoms with Crippen molar-refractivity contribution in [2.75, 3.05) is 37.4 Å². The van der Waals surface area contributed by atoms with Gasteiger partial charge in [-0.25, -0.2) is 4.79 Å². The van der Waals surface area contributed by atoms with E-state index >= 15 is 0 Å². The molecule has 4 rings (SSSR count). The van der Waals surface area contributed by atoms with Gasteiger partial charge >= 0.3 is 12.2 Å². The lowest BCUT2D eigenvalue weighted by Gasteiger charge is -2.38. The van der Waals surface area contributed by atoms with Crippen LogP contribution in [0.2, 0.25) is 0 Å². The highest BCUT2D eigenvalue weighted by molar-refractivity contribution is 6.00. The fourth-order valence-corrected chi connectivity index (χ4v) is 4.42. The topological polar surface area (TPSA) is 111 Å². The van der Waals surface area contributed by atoms with E-state index in [1.54, 1.807) is 30.0 Å². The maximum Gasteiger partial charge on any atom is 0.416 e. The van der Waals surface area contributed by atoms with E-state index in [-0.39, 0.29) is 60.3 Å². The SMILES string of the molecule is C[C@@H]1CN([C@@H](C)CO)C(=O)c2cc(NC(=O)C3CC3)ccc2O[C@H]1CN(C)C(=O)Nc1ccc(C(F)(F)F)cc1. The molecular weight excluding hydrogens is 529 g/mol. The molecule has 0 aromatic heterocycles. The molecule has 3 N–H and O–H groups in total. The zero-order valence-electron chi connectivity index (χ0n) is 22.5. The predicted octanol–water partition coefficient (Wildman–Crippen LogP) is 4.44. The van der Waals surface area contributed by atoms with Crippen LogP contribution in [0.25, 0.3) is 0 Å². The molecule has 0 saturated heterocycles. The number of benzene rings is 2. The normalized spacial score (nSPS) is 20.0. The maximum atomic E-state index is 13.5. The third kappa shape index (κ3) is 6.85. The molecule has 1 fully saturated rings. The summed E-state index contributed by atoms with van der Waals surface area (Å²) in [7, 11) is 1.53. The molecule has 9 nitrogen and oxygen atoms in total. The van der Waals surface area contributed by atoms with Gasteiger partial charge in [-0.15, -0.1) is 0 Å². The number of hydrogen-bond donors (Lipinski definition) is 3. The molecule has 2 aliphatic rings. The van der Waals surface area contributed by atoms with Gasteiger partial charge in [0.25, 0.3) is 5.91 Å². The molecule has 4 amide bonds. The van der Waals surface area contributed by atoms with Crippen LogP contribution in [-0.4, -0.2) is 71.6 Å². The quantitative estimate of drug-likeness (QED) is 0.462. The molecule has 216 valence electrons. The maximum absolute atomic E-state index is 13.5. The third-order valence-electron chi connectivity index (χ3n) is 7.14. The molecule has 1 heterocycles. The van der Waals surface area contributed by atoms with E-state index in [0.717, 1.165) is 25.0 Å². The number of carbonyl (C=O) groups excluding carboxylic acids is 3. The molecule has 0 bridgehead atoms. The molecule has 0 unspecified atom stereocenters. The van der Waals surface area contributed by atoms with E-state index in [2.05, 4.69) is 10.6 Å². The van der Waals surface area contributed by atoms with Crippen molar-refractivity contribution >= 4 is 29.2 Å². The van der Waals surface area contributed by atoms with Crippen molar-refractivity contribution < 1.29 is 37.4 Å². The number of likely N-dealkylation sites (N-methyl/N-ethyl adjacent to an activating group) is 1. The van der Waals surface area contributed by atoms with Crippen LogP contribution in [0.15, 0.2) is 42.5 Å². The smallest absolute Gasteiger partial charge is 0.416 e. The summed E-state index contributed by atoms with van der Waals surface area (Å²) >= 11 is 0. The van der Waals surface area contributed by atoms with Crippen molar-refractivity contribution in [3.05, 3.63) is 53.6 Å².